The van der Waals surface area contributed by atoms with E-state index in [2.05, 4.69) is 35.8 Å². The lowest BCUT2D eigenvalue weighted by molar-refractivity contribution is 0.0592. The molecule has 0 amide bonds. The van der Waals surface area contributed by atoms with E-state index in [1.54, 1.807) is 24.3 Å². The molecule has 196 valence electrons. The van der Waals surface area contributed by atoms with Crippen molar-refractivity contribution in [3.63, 3.8) is 0 Å². The molecule has 0 aliphatic carbocycles. The Balaban J connectivity index is 1.68. The molecule has 3 N–H and O–H groups in total. The summed E-state index contributed by atoms with van der Waals surface area (Å²) in [7, 11) is 6.77. The van der Waals surface area contributed by atoms with Gasteiger partial charge in [-0.25, -0.2) is 9.59 Å². The van der Waals surface area contributed by atoms with Crippen LogP contribution in [0.25, 0.3) is 0 Å². The van der Waals surface area contributed by atoms with Crippen LogP contribution in [-0.2, 0) is 22.6 Å². The lowest BCUT2D eigenvalue weighted by atomic mass is 10.1. The van der Waals surface area contributed by atoms with Crippen LogP contribution in [0.1, 0.15) is 38.3 Å². The smallest absolute Gasteiger partial charge is 0.337 e. The van der Waals surface area contributed by atoms with Crippen molar-refractivity contribution in [2.75, 3.05) is 57.4 Å². The third-order valence-corrected chi connectivity index (χ3v) is 5.35. The van der Waals surface area contributed by atoms with E-state index in [1.165, 1.54) is 14.2 Å². The molecule has 37 heavy (non-hydrogen) atoms. The summed E-state index contributed by atoms with van der Waals surface area (Å²) in [6.07, 6.45) is 0.934. The summed E-state index contributed by atoms with van der Waals surface area (Å²) >= 11 is 0. The molecule has 1 heterocycles. The first-order chi connectivity index (χ1) is 17.9. The molecule has 0 spiro atoms. The van der Waals surface area contributed by atoms with Gasteiger partial charge in [0.2, 0.25) is 17.8 Å². The minimum Gasteiger partial charge on any atom is -0.465 e. The fraction of sp³-hybridized carbons (Fsp3) is 0.346. The van der Waals surface area contributed by atoms with Gasteiger partial charge in [0.05, 0.1) is 25.3 Å². The number of ether oxygens (including phenoxy) is 2. The normalized spacial score (nSPS) is 10.6. The van der Waals surface area contributed by atoms with E-state index in [4.69, 9.17) is 9.47 Å². The van der Waals surface area contributed by atoms with E-state index in [0.29, 0.717) is 48.6 Å². The summed E-state index contributed by atoms with van der Waals surface area (Å²) in [4.78, 5) is 38.9. The van der Waals surface area contributed by atoms with Crippen LogP contribution < -0.4 is 16.0 Å². The highest BCUT2D eigenvalue weighted by Crippen LogP contribution is 2.14. The summed E-state index contributed by atoms with van der Waals surface area (Å²) in [5, 5.41) is 9.70. The van der Waals surface area contributed by atoms with Gasteiger partial charge in [0.15, 0.2) is 0 Å². The highest BCUT2D eigenvalue weighted by atomic mass is 16.5. The minimum absolute atomic E-state index is 0.377. The van der Waals surface area contributed by atoms with E-state index in [1.807, 2.05) is 38.4 Å². The van der Waals surface area contributed by atoms with Crippen molar-refractivity contribution in [1.82, 2.24) is 19.9 Å². The highest BCUT2D eigenvalue weighted by Gasteiger charge is 2.09. The Morgan fingerprint density at radius 1 is 0.703 bits per heavy atom. The van der Waals surface area contributed by atoms with Crippen LogP contribution in [0.2, 0.25) is 0 Å². The molecule has 0 saturated carbocycles. The van der Waals surface area contributed by atoms with Crippen LogP contribution in [-0.4, -0.2) is 73.2 Å². The van der Waals surface area contributed by atoms with Gasteiger partial charge >= 0.3 is 11.9 Å². The molecular weight excluding hydrogens is 474 g/mol. The average Bonchev–Trinajstić information content (AvgIpc) is 2.92. The third-order valence-electron chi connectivity index (χ3n) is 5.35. The summed E-state index contributed by atoms with van der Waals surface area (Å²) in [6.45, 7) is 2.57. The molecule has 3 rings (SSSR count). The van der Waals surface area contributed by atoms with Gasteiger partial charge in [-0.1, -0.05) is 24.3 Å². The molecule has 0 aliphatic heterocycles. The fourth-order valence-electron chi connectivity index (χ4n) is 3.32. The largest absolute Gasteiger partial charge is 0.465 e. The van der Waals surface area contributed by atoms with Gasteiger partial charge in [0.1, 0.15) is 0 Å². The number of methoxy groups -OCH3 is 2. The number of hydrogen-bond donors (Lipinski definition) is 3. The van der Waals surface area contributed by atoms with Crippen molar-refractivity contribution in [1.29, 1.82) is 0 Å². The average molecular weight is 508 g/mol. The van der Waals surface area contributed by atoms with Crippen LogP contribution in [0, 0.1) is 0 Å². The molecular formula is C26H33N7O4. The number of anilines is 3. The van der Waals surface area contributed by atoms with Gasteiger partial charge in [0.25, 0.3) is 0 Å². The SMILES string of the molecule is COC(=O)c1ccc(CNc2nc(NCCCN(C)C)nc(NCc3ccc(C(=O)OC)cc3)n2)cc1. The molecule has 11 nitrogen and oxygen atoms in total. The van der Waals surface area contributed by atoms with Crippen LogP contribution in [0.5, 0.6) is 0 Å². The van der Waals surface area contributed by atoms with Crippen molar-refractivity contribution in [3.8, 4) is 0 Å². The predicted octanol–water partition coefficient (Wildman–Crippen LogP) is 3.03. The second kappa shape index (κ2) is 13.7. The molecule has 0 aliphatic rings. The van der Waals surface area contributed by atoms with Gasteiger partial charge in [0, 0.05) is 19.6 Å². The molecule has 1 aromatic heterocycles. The Morgan fingerprint density at radius 3 is 1.49 bits per heavy atom. The van der Waals surface area contributed by atoms with E-state index in [9.17, 15) is 9.59 Å². The number of carbonyl (C=O) groups is 2. The van der Waals surface area contributed by atoms with Gasteiger partial charge in [-0.2, -0.15) is 15.0 Å². The fourth-order valence-corrected chi connectivity index (χ4v) is 3.32. The van der Waals surface area contributed by atoms with Gasteiger partial charge in [-0.15, -0.1) is 0 Å². The highest BCUT2D eigenvalue weighted by molar-refractivity contribution is 5.89. The molecule has 0 radical (unpaired) electrons. The van der Waals surface area contributed by atoms with Crippen LogP contribution >= 0.6 is 0 Å². The number of rotatable bonds is 13. The lowest BCUT2D eigenvalue weighted by Gasteiger charge is -2.13. The topological polar surface area (TPSA) is 131 Å². The number of benzene rings is 2. The quantitative estimate of drug-likeness (QED) is 0.233. The minimum atomic E-state index is -0.377. The zero-order chi connectivity index (χ0) is 26.6. The predicted molar refractivity (Wildman–Crippen MR) is 142 cm³/mol. The summed E-state index contributed by atoms with van der Waals surface area (Å²) < 4.78 is 9.49. The number of hydrogen-bond acceptors (Lipinski definition) is 11. The number of nitrogens with one attached hydrogen (secondary N) is 3. The maximum Gasteiger partial charge on any atom is 0.337 e. The standard InChI is InChI=1S/C26H33N7O4/c1-33(2)15-5-14-27-24-30-25(28-16-18-6-10-20(11-7-18)22(34)36-3)32-26(31-24)29-17-19-8-12-21(13-9-19)23(35)37-4/h6-13H,5,14-17H2,1-4H3,(H3,27,28,29,30,31,32). The Bertz CT molecular complexity index is 1090. The summed E-state index contributed by atoms with van der Waals surface area (Å²) in [5.41, 5.74) is 2.88. The first kappa shape index (κ1) is 27.3. The molecule has 3 aromatic rings. The molecule has 0 bridgehead atoms. The number of esters is 2. The summed E-state index contributed by atoms with van der Waals surface area (Å²) in [5.74, 6) is 0.521. The zero-order valence-electron chi connectivity index (χ0n) is 21.6. The van der Waals surface area contributed by atoms with Crippen molar-refractivity contribution in [3.05, 3.63) is 70.8 Å². The maximum atomic E-state index is 11.6. The molecule has 0 unspecified atom stereocenters. The zero-order valence-corrected chi connectivity index (χ0v) is 21.6. The Hall–Kier alpha value is -4.25. The first-order valence-corrected chi connectivity index (χ1v) is 11.8. The Kier molecular flexibility index (Phi) is 10.1. The molecule has 0 fully saturated rings. The van der Waals surface area contributed by atoms with Crippen LogP contribution in [0.3, 0.4) is 0 Å². The first-order valence-electron chi connectivity index (χ1n) is 11.8. The van der Waals surface area contributed by atoms with Crippen LogP contribution in [0.4, 0.5) is 17.8 Å². The lowest BCUT2D eigenvalue weighted by Crippen LogP contribution is -2.18. The van der Waals surface area contributed by atoms with Gasteiger partial charge in [-0.05, 0) is 62.5 Å². The molecule has 0 atom stereocenters. The monoisotopic (exact) mass is 507 g/mol. The second-order valence-corrected chi connectivity index (χ2v) is 8.47. The van der Waals surface area contributed by atoms with E-state index >= 15 is 0 Å². The van der Waals surface area contributed by atoms with E-state index in [-0.39, 0.29) is 11.9 Å². The Morgan fingerprint density at radius 2 is 1.11 bits per heavy atom. The molecule has 11 heteroatoms. The van der Waals surface area contributed by atoms with Crippen molar-refractivity contribution in [2.45, 2.75) is 19.5 Å². The van der Waals surface area contributed by atoms with Crippen molar-refractivity contribution < 1.29 is 19.1 Å². The van der Waals surface area contributed by atoms with E-state index < -0.39 is 0 Å². The van der Waals surface area contributed by atoms with Crippen molar-refractivity contribution >= 4 is 29.8 Å². The number of nitrogens with zero attached hydrogens (tertiary/aromatic N) is 4. The Labute approximate surface area is 216 Å². The molecule has 0 saturated heterocycles. The van der Waals surface area contributed by atoms with Gasteiger partial charge < -0.3 is 30.3 Å². The second-order valence-electron chi connectivity index (χ2n) is 8.47. The maximum absolute atomic E-state index is 11.6. The van der Waals surface area contributed by atoms with Crippen LogP contribution in [0.15, 0.2) is 48.5 Å². The molecule has 2 aromatic carbocycles. The van der Waals surface area contributed by atoms with Crippen molar-refractivity contribution in [2.24, 2.45) is 0 Å². The van der Waals surface area contributed by atoms with Gasteiger partial charge in [-0.3, -0.25) is 0 Å². The third kappa shape index (κ3) is 8.73. The summed E-state index contributed by atoms with van der Waals surface area (Å²) in [6, 6.07) is 14.2. The van der Waals surface area contributed by atoms with E-state index in [0.717, 1.165) is 24.1 Å². The number of aromatic nitrogens is 3. The number of carbonyl (C=O) groups excluding carboxylic acids is 2.